The summed E-state index contributed by atoms with van der Waals surface area (Å²) in [5.41, 5.74) is -1.74. The lowest BCUT2D eigenvalue weighted by molar-refractivity contribution is 0.354. The maximum absolute atomic E-state index is 12.6. The van der Waals surface area contributed by atoms with Crippen LogP contribution in [0, 0.1) is 13.8 Å². The first-order chi connectivity index (χ1) is 13.8. The molecule has 1 aromatic carbocycles. The molecule has 8 heteroatoms. The van der Waals surface area contributed by atoms with Crippen LogP contribution in [0.3, 0.4) is 0 Å². The van der Waals surface area contributed by atoms with Crippen LogP contribution >= 0.6 is 0 Å². The number of benzene rings is 1. The molecule has 0 spiro atoms. The number of hydrogen-bond acceptors (Lipinski definition) is 8. The van der Waals surface area contributed by atoms with Gasteiger partial charge in [-0.3, -0.25) is 0 Å². The van der Waals surface area contributed by atoms with E-state index < -0.39 is 17.2 Å². The molecule has 2 heterocycles. The maximum Gasteiger partial charge on any atom is 0.343 e. The van der Waals surface area contributed by atoms with Crippen molar-refractivity contribution in [2.75, 3.05) is 14.2 Å². The van der Waals surface area contributed by atoms with Crippen molar-refractivity contribution in [3.63, 3.8) is 0 Å². The van der Waals surface area contributed by atoms with Gasteiger partial charge in [0.2, 0.25) is 0 Å². The van der Waals surface area contributed by atoms with Gasteiger partial charge in [-0.25, -0.2) is 9.59 Å². The Bertz CT molecular complexity index is 1110. The van der Waals surface area contributed by atoms with E-state index in [1.165, 1.54) is 40.2 Å². The van der Waals surface area contributed by atoms with Gasteiger partial charge in [0.1, 0.15) is 23.0 Å². The first-order valence-electron chi connectivity index (χ1n) is 8.66. The van der Waals surface area contributed by atoms with Crippen molar-refractivity contribution in [3.8, 4) is 23.0 Å². The first kappa shape index (κ1) is 20.1. The molecule has 0 aliphatic carbocycles. The number of ether oxygens (including phenoxy) is 2. The summed E-state index contributed by atoms with van der Waals surface area (Å²) in [6.07, 6.45) is 0. The van der Waals surface area contributed by atoms with Crippen LogP contribution in [-0.4, -0.2) is 24.4 Å². The third kappa shape index (κ3) is 3.69. The van der Waals surface area contributed by atoms with Gasteiger partial charge in [0.15, 0.2) is 11.5 Å². The molecular weight excluding hydrogens is 380 g/mol. The number of methoxy groups -OCH3 is 2. The molecular formula is C21H20O8. The topological polar surface area (TPSA) is 119 Å². The highest BCUT2D eigenvalue weighted by Crippen LogP contribution is 2.40. The fourth-order valence-corrected chi connectivity index (χ4v) is 3.25. The van der Waals surface area contributed by atoms with Crippen molar-refractivity contribution in [2.45, 2.75) is 19.8 Å². The van der Waals surface area contributed by atoms with Crippen LogP contribution in [0.2, 0.25) is 0 Å². The van der Waals surface area contributed by atoms with Gasteiger partial charge in [-0.05, 0) is 31.5 Å². The van der Waals surface area contributed by atoms with Gasteiger partial charge in [0, 0.05) is 12.1 Å². The molecule has 0 saturated carbocycles. The van der Waals surface area contributed by atoms with Gasteiger partial charge < -0.3 is 28.5 Å². The predicted octanol–water partition coefficient (Wildman–Crippen LogP) is 2.82. The zero-order chi connectivity index (χ0) is 21.3. The summed E-state index contributed by atoms with van der Waals surface area (Å²) < 4.78 is 20.8. The first-order valence-corrected chi connectivity index (χ1v) is 8.66. The predicted molar refractivity (Wildman–Crippen MR) is 103 cm³/mol. The summed E-state index contributed by atoms with van der Waals surface area (Å²) in [7, 11) is 2.90. The second-order valence-electron chi connectivity index (χ2n) is 6.43. The molecule has 3 aromatic rings. The Morgan fingerprint density at radius 2 is 1.28 bits per heavy atom. The molecule has 2 N–H and O–H groups in total. The summed E-state index contributed by atoms with van der Waals surface area (Å²) in [6, 6.07) is 7.24. The quantitative estimate of drug-likeness (QED) is 0.671. The number of aryl methyl sites for hydroxylation is 2. The SMILES string of the molecule is COc1ccc(C(c2c(O)cc(C)oc2=O)c2c(O)cc(C)oc2=O)cc1OC. The van der Waals surface area contributed by atoms with Crippen LogP contribution in [-0.2, 0) is 0 Å². The molecule has 152 valence electrons. The van der Waals surface area contributed by atoms with Gasteiger partial charge in [0.25, 0.3) is 0 Å². The highest BCUT2D eigenvalue weighted by Gasteiger charge is 2.31. The molecule has 0 radical (unpaired) electrons. The zero-order valence-electron chi connectivity index (χ0n) is 16.3. The molecule has 0 atom stereocenters. The third-order valence-corrected chi connectivity index (χ3v) is 4.50. The normalized spacial score (nSPS) is 10.9. The number of aromatic hydroxyl groups is 2. The van der Waals surface area contributed by atoms with E-state index in [2.05, 4.69) is 0 Å². The molecule has 29 heavy (non-hydrogen) atoms. The Kier molecular flexibility index (Phi) is 5.36. The second kappa shape index (κ2) is 7.75. The number of hydrogen-bond donors (Lipinski definition) is 2. The van der Waals surface area contributed by atoms with E-state index in [0.29, 0.717) is 17.1 Å². The summed E-state index contributed by atoms with van der Waals surface area (Å²) in [5.74, 6) is -0.776. The monoisotopic (exact) mass is 400 g/mol. The van der Waals surface area contributed by atoms with E-state index in [0.717, 1.165) is 0 Å². The van der Waals surface area contributed by atoms with E-state index in [4.69, 9.17) is 18.3 Å². The van der Waals surface area contributed by atoms with E-state index in [1.807, 2.05) is 0 Å². The van der Waals surface area contributed by atoms with Crippen LogP contribution in [0.4, 0.5) is 0 Å². The molecule has 0 unspecified atom stereocenters. The van der Waals surface area contributed by atoms with Crippen LogP contribution in [0.15, 0.2) is 48.8 Å². The Labute approximate surface area is 165 Å². The summed E-state index contributed by atoms with van der Waals surface area (Å²) in [6.45, 7) is 3.02. The smallest absolute Gasteiger partial charge is 0.343 e. The van der Waals surface area contributed by atoms with Crippen molar-refractivity contribution in [1.82, 2.24) is 0 Å². The fourth-order valence-electron chi connectivity index (χ4n) is 3.25. The lowest BCUT2D eigenvalue weighted by Gasteiger charge is -2.20. The van der Waals surface area contributed by atoms with Gasteiger partial charge in [0.05, 0.1) is 31.3 Å². The molecule has 0 aliphatic rings. The highest BCUT2D eigenvalue weighted by molar-refractivity contribution is 5.54. The molecule has 0 fully saturated rings. The minimum absolute atomic E-state index is 0.197. The molecule has 0 aliphatic heterocycles. The van der Waals surface area contributed by atoms with Gasteiger partial charge in [-0.2, -0.15) is 0 Å². The average Bonchev–Trinajstić information content (AvgIpc) is 2.64. The van der Waals surface area contributed by atoms with Crippen molar-refractivity contribution in [3.05, 3.63) is 79.4 Å². The molecule has 0 bridgehead atoms. The van der Waals surface area contributed by atoms with E-state index in [1.54, 1.807) is 18.2 Å². The van der Waals surface area contributed by atoms with Crippen molar-refractivity contribution in [2.24, 2.45) is 0 Å². The van der Waals surface area contributed by atoms with E-state index in [-0.39, 0.29) is 34.1 Å². The van der Waals surface area contributed by atoms with Crippen LogP contribution in [0.25, 0.3) is 0 Å². The second-order valence-corrected chi connectivity index (χ2v) is 6.43. The third-order valence-electron chi connectivity index (χ3n) is 4.50. The van der Waals surface area contributed by atoms with Crippen LogP contribution in [0.5, 0.6) is 23.0 Å². The maximum atomic E-state index is 12.6. The molecule has 3 rings (SSSR count). The van der Waals surface area contributed by atoms with Gasteiger partial charge >= 0.3 is 11.3 Å². The van der Waals surface area contributed by atoms with Gasteiger partial charge in [-0.1, -0.05) is 6.07 Å². The van der Waals surface area contributed by atoms with Crippen LogP contribution in [0.1, 0.15) is 34.1 Å². The van der Waals surface area contributed by atoms with Gasteiger partial charge in [-0.15, -0.1) is 0 Å². The Hall–Kier alpha value is -3.68. The molecule has 0 saturated heterocycles. The minimum Gasteiger partial charge on any atom is -0.507 e. The van der Waals surface area contributed by atoms with E-state index >= 15 is 0 Å². The highest BCUT2D eigenvalue weighted by atomic mass is 16.5. The largest absolute Gasteiger partial charge is 0.507 e. The van der Waals surface area contributed by atoms with Crippen molar-refractivity contribution >= 4 is 0 Å². The molecule has 8 nitrogen and oxygen atoms in total. The Morgan fingerprint density at radius 1 is 0.793 bits per heavy atom. The summed E-state index contributed by atoms with van der Waals surface area (Å²) in [4.78, 5) is 25.2. The number of rotatable bonds is 5. The van der Waals surface area contributed by atoms with Crippen molar-refractivity contribution in [1.29, 1.82) is 0 Å². The molecule has 2 aromatic heterocycles. The lowest BCUT2D eigenvalue weighted by atomic mass is 9.85. The van der Waals surface area contributed by atoms with E-state index in [9.17, 15) is 19.8 Å². The lowest BCUT2D eigenvalue weighted by Crippen LogP contribution is -2.21. The summed E-state index contributed by atoms with van der Waals surface area (Å²) >= 11 is 0. The zero-order valence-corrected chi connectivity index (χ0v) is 16.3. The fraction of sp³-hybridized carbons (Fsp3) is 0.238. The standard InChI is InChI=1S/C21H20O8/c1-10-7-13(22)18(20(24)28-10)17(19-14(23)8-11(2)29-21(19)25)12-5-6-15(26-3)16(9-12)27-4/h5-9,17,22-23H,1-4H3. The molecule has 0 amide bonds. The van der Waals surface area contributed by atoms with Crippen molar-refractivity contribution < 1.29 is 28.5 Å². The Balaban J connectivity index is 2.39. The average molecular weight is 400 g/mol. The van der Waals surface area contributed by atoms with Crippen LogP contribution < -0.4 is 20.7 Å². The Morgan fingerprint density at radius 3 is 1.69 bits per heavy atom. The summed E-state index contributed by atoms with van der Waals surface area (Å²) in [5, 5.41) is 21.0. The minimum atomic E-state index is -1.18.